The number of anilines is 1. The molecule has 1 heterocycles. The Bertz CT molecular complexity index is 409. The third-order valence-electron chi connectivity index (χ3n) is 3.49. The number of hydrogen-bond acceptors (Lipinski definition) is 2. The molecule has 0 radical (unpaired) electrons. The summed E-state index contributed by atoms with van der Waals surface area (Å²) in [6, 6.07) is 4.16. The molecule has 0 bridgehead atoms. The van der Waals surface area contributed by atoms with Crippen LogP contribution in [0.5, 0.6) is 0 Å². The second-order valence-electron chi connectivity index (χ2n) is 4.77. The fourth-order valence-electron chi connectivity index (χ4n) is 2.40. The molecule has 1 aliphatic rings. The Morgan fingerprint density at radius 2 is 2.11 bits per heavy atom. The van der Waals surface area contributed by atoms with Crippen molar-refractivity contribution in [1.82, 2.24) is 5.32 Å². The Hall–Kier alpha value is -1.23. The molecule has 0 aromatic heterocycles. The van der Waals surface area contributed by atoms with Crippen LogP contribution in [0.3, 0.4) is 0 Å². The van der Waals surface area contributed by atoms with Crippen LogP contribution in [0.4, 0.5) is 18.9 Å². The van der Waals surface area contributed by atoms with E-state index in [2.05, 4.69) is 5.32 Å². The third-order valence-corrected chi connectivity index (χ3v) is 3.49. The number of halogens is 3. The molecule has 1 aromatic carbocycles. The van der Waals surface area contributed by atoms with Crippen LogP contribution in [-0.2, 0) is 12.6 Å². The van der Waals surface area contributed by atoms with Crippen LogP contribution in [0, 0.1) is 5.92 Å². The molecule has 0 saturated carbocycles. The SMILES string of the molecule is Nc1c(CCC2CCNC2)cccc1C(F)(F)F. The third kappa shape index (κ3) is 2.96. The summed E-state index contributed by atoms with van der Waals surface area (Å²) in [6.45, 7) is 1.96. The predicted octanol–water partition coefficient (Wildman–Crippen LogP) is 2.83. The first-order valence-corrected chi connectivity index (χ1v) is 6.14. The molecule has 1 aromatic rings. The van der Waals surface area contributed by atoms with Gasteiger partial charge in [0.15, 0.2) is 0 Å². The lowest BCUT2D eigenvalue weighted by Gasteiger charge is -2.14. The average molecular weight is 258 g/mol. The smallest absolute Gasteiger partial charge is 0.398 e. The number of hydrogen-bond donors (Lipinski definition) is 2. The largest absolute Gasteiger partial charge is 0.418 e. The Balaban J connectivity index is 2.08. The van der Waals surface area contributed by atoms with Gasteiger partial charge in [-0.05, 0) is 49.9 Å². The van der Waals surface area contributed by atoms with Crippen molar-refractivity contribution in [2.75, 3.05) is 18.8 Å². The van der Waals surface area contributed by atoms with E-state index in [-0.39, 0.29) is 5.69 Å². The first kappa shape index (κ1) is 13.2. The molecule has 0 amide bonds. The van der Waals surface area contributed by atoms with Crippen molar-refractivity contribution in [2.24, 2.45) is 5.92 Å². The van der Waals surface area contributed by atoms with Crippen molar-refractivity contribution < 1.29 is 13.2 Å². The normalized spacial score (nSPS) is 20.3. The van der Waals surface area contributed by atoms with E-state index in [9.17, 15) is 13.2 Å². The monoisotopic (exact) mass is 258 g/mol. The van der Waals surface area contributed by atoms with Gasteiger partial charge in [0, 0.05) is 5.69 Å². The number of nitrogens with two attached hydrogens (primary N) is 1. The van der Waals surface area contributed by atoms with Gasteiger partial charge in [-0.3, -0.25) is 0 Å². The molecule has 1 atom stereocenters. The van der Waals surface area contributed by atoms with Gasteiger partial charge in [-0.15, -0.1) is 0 Å². The maximum atomic E-state index is 12.7. The first-order chi connectivity index (χ1) is 8.48. The lowest BCUT2D eigenvalue weighted by molar-refractivity contribution is -0.136. The number of aryl methyl sites for hydroxylation is 1. The highest BCUT2D eigenvalue weighted by molar-refractivity contribution is 5.55. The molecule has 1 unspecified atom stereocenters. The van der Waals surface area contributed by atoms with Crippen LogP contribution in [0.25, 0.3) is 0 Å². The van der Waals surface area contributed by atoms with E-state index >= 15 is 0 Å². The molecule has 2 nitrogen and oxygen atoms in total. The van der Waals surface area contributed by atoms with Gasteiger partial charge < -0.3 is 11.1 Å². The summed E-state index contributed by atoms with van der Waals surface area (Å²) in [7, 11) is 0. The highest BCUT2D eigenvalue weighted by atomic mass is 19.4. The Labute approximate surface area is 104 Å². The van der Waals surface area contributed by atoms with Gasteiger partial charge in [0.05, 0.1) is 5.56 Å². The van der Waals surface area contributed by atoms with E-state index in [4.69, 9.17) is 5.73 Å². The van der Waals surface area contributed by atoms with Gasteiger partial charge >= 0.3 is 6.18 Å². The number of para-hydroxylation sites is 1. The molecular formula is C13H17F3N2. The molecule has 5 heteroatoms. The minimum absolute atomic E-state index is 0.115. The van der Waals surface area contributed by atoms with Crippen molar-refractivity contribution in [3.8, 4) is 0 Å². The Morgan fingerprint density at radius 3 is 2.72 bits per heavy atom. The van der Waals surface area contributed by atoms with Gasteiger partial charge in [-0.1, -0.05) is 12.1 Å². The zero-order valence-corrected chi connectivity index (χ0v) is 10.1. The van der Waals surface area contributed by atoms with Crippen molar-refractivity contribution in [2.45, 2.75) is 25.4 Å². The number of nitrogens with one attached hydrogen (secondary N) is 1. The Morgan fingerprint density at radius 1 is 1.33 bits per heavy atom. The van der Waals surface area contributed by atoms with Gasteiger partial charge in [-0.25, -0.2) is 0 Å². The van der Waals surface area contributed by atoms with Crippen molar-refractivity contribution >= 4 is 5.69 Å². The van der Waals surface area contributed by atoms with E-state index in [1.807, 2.05) is 0 Å². The van der Waals surface area contributed by atoms with Gasteiger partial charge in [0.1, 0.15) is 0 Å². The number of benzene rings is 1. The molecule has 100 valence electrons. The highest BCUT2D eigenvalue weighted by Crippen LogP contribution is 2.35. The van der Waals surface area contributed by atoms with E-state index in [1.165, 1.54) is 6.07 Å². The number of alkyl halides is 3. The van der Waals surface area contributed by atoms with E-state index in [0.29, 0.717) is 17.9 Å². The standard InChI is InChI=1S/C13H17F3N2/c14-13(15,16)11-3-1-2-10(12(11)17)5-4-9-6-7-18-8-9/h1-3,9,18H,4-8,17H2. The summed E-state index contributed by atoms with van der Waals surface area (Å²) < 4.78 is 38.0. The van der Waals surface area contributed by atoms with Crippen molar-refractivity contribution in [1.29, 1.82) is 0 Å². The van der Waals surface area contributed by atoms with Crippen LogP contribution in [0.1, 0.15) is 24.0 Å². The van der Waals surface area contributed by atoms with Crippen LogP contribution >= 0.6 is 0 Å². The summed E-state index contributed by atoms with van der Waals surface area (Å²) in [5, 5.41) is 3.25. The predicted molar refractivity (Wildman–Crippen MR) is 65.2 cm³/mol. The number of rotatable bonds is 3. The van der Waals surface area contributed by atoms with Crippen LogP contribution in [0.2, 0.25) is 0 Å². The average Bonchev–Trinajstić information content (AvgIpc) is 2.79. The van der Waals surface area contributed by atoms with Crippen LogP contribution in [-0.4, -0.2) is 13.1 Å². The molecule has 3 N–H and O–H groups in total. The molecule has 1 fully saturated rings. The highest BCUT2D eigenvalue weighted by Gasteiger charge is 2.33. The molecular weight excluding hydrogens is 241 g/mol. The maximum Gasteiger partial charge on any atom is 0.418 e. The molecule has 1 aliphatic heterocycles. The van der Waals surface area contributed by atoms with Crippen LogP contribution in [0.15, 0.2) is 18.2 Å². The molecule has 0 spiro atoms. The summed E-state index contributed by atoms with van der Waals surface area (Å²) in [4.78, 5) is 0. The van der Waals surface area contributed by atoms with Crippen molar-refractivity contribution in [3.05, 3.63) is 29.3 Å². The molecule has 2 rings (SSSR count). The second-order valence-corrected chi connectivity index (χ2v) is 4.77. The topological polar surface area (TPSA) is 38.0 Å². The van der Waals surface area contributed by atoms with E-state index in [1.54, 1.807) is 6.07 Å². The van der Waals surface area contributed by atoms with Gasteiger partial charge in [0.2, 0.25) is 0 Å². The minimum Gasteiger partial charge on any atom is -0.398 e. The summed E-state index contributed by atoms with van der Waals surface area (Å²) in [6.07, 6.45) is -1.77. The van der Waals surface area contributed by atoms with Crippen molar-refractivity contribution in [3.63, 3.8) is 0 Å². The Kier molecular flexibility index (Phi) is 3.80. The lowest BCUT2D eigenvalue weighted by Crippen LogP contribution is -2.12. The number of nitrogen functional groups attached to an aromatic ring is 1. The zero-order chi connectivity index (χ0) is 13.2. The molecule has 0 aliphatic carbocycles. The van der Waals surface area contributed by atoms with E-state index in [0.717, 1.165) is 32.0 Å². The fraction of sp³-hybridized carbons (Fsp3) is 0.538. The second kappa shape index (κ2) is 5.18. The zero-order valence-electron chi connectivity index (χ0n) is 10.1. The van der Waals surface area contributed by atoms with E-state index < -0.39 is 11.7 Å². The summed E-state index contributed by atoms with van der Waals surface area (Å²) in [5.74, 6) is 0.555. The quantitative estimate of drug-likeness (QED) is 0.818. The first-order valence-electron chi connectivity index (χ1n) is 6.14. The minimum atomic E-state index is -4.37. The van der Waals surface area contributed by atoms with Gasteiger partial charge in [0.25, 0.3) is 0 Å². The fourth-order valence-corrected chi connectivity index (χ4v) is 2.40. The molecule has 1 saturated heterocycles. The molecule has 18 heavy (non-hydrogen) atoms. The maximum absolute atomic E-state index is 12.7. The van der Waals surface area contributed by atoms with Gasteiger partial charge in [-0.2, -0.15) is 13.2 Å². The van der Waals surface area contributed by atoms with Crippen LogP contribution < -0.4 is 11.1 Å². The lowest BCUT2D eigenvalue weighted by atomic mass is 9.96. The summed E-state index contributed by atoms with van der Waals surface area (Å²) in [5.41, 5.74) is 5.39. The summed E-state index contributed by atoms with van der Waals surface area (Å²) >= 11 is 0.